The third-order valence-corrected chi connectivity index (χ3v) is 0.932. The van der Waals surface area contributed by atoms with Gasteiger partial charge in [0.05, 0.1) is 6.04 Å². The van der Waals surface area contributed by atoms with Crippen LogP contribution in [0.5, 0.6) is 0 Å². The number of hydrogen-bond acceptors (Lipinski definition) is 3. The first-order valence-electron chi connectivity index (χ1n) is 2.81. The summed E-state index contributed by atoms with van der Waals surface area (Å²) in [6.45, 7) is 7.49. The Kier molecular flexibility index (Phi) is 4.05. The molecule has 1 aromatic heterocycles. The summed E-state index contributed by atoms with van der Waals surface area (Å²) in [7, 11) is 0. The van der Waals surface area contributed by atoms with E-state index >= 15 is 0 Å². The van der Waals surface area contributed by atoms with Crippen LogP contribution in [-0.2, 0) is 32.7 Å². The van der Waals surface area contributed by atoms with Crippen LogP contribution in [-0.4, -0.2) is 20.2 Å². The molecule has 0 saturated carbocycles. The van der Waals surface area contributed by atoms with Crippen LogP contribution in [0.3, 0.4) is 0 Å². The fourth-order valence-electron chi connectivity index (χ4n) is 0.474. The van der Waals surface area contributed by atoms with E-state index in [0.29, 0.717) is 5.82 Å². The van der Waals surface area contributed by atoms with E-state index < -0.39 is 0 Å². The molecule has 0 aromatic carbocycles. The van der Waals surface area contributed by atoms with Crippen molar-refractivity contribution in [2.24, 2.45) is 0 Å². The van der Waals surface area contributed by atoms with Crippen LogP contribution >= 0.6 is 0 Å². The molecule has 4 nitrogen and oxygen atoms in total. The molecular weight excluding hydrogens is 205 g/mol. The quantitative estimate of drug-likeness (QED) is 0.637. The molecule has 0 aliphatic rings. The molecule has 0 fully saturated rings. The minimum Gasteiger partial charge on any atom is -0.334 e. The van der Waals surface area contributed by atoms with Crippen molar-refractivity contribution in [3.05, 3.63) is 12.7 Å². The van der Waals surface area contributed by atoms with Gasteiger partial charge in [0.15, 0.2) is 0 Å². The van der Waals surface area contributed by atoms with Crippen molar-refractivity contribution in [1.29, 1.82) is 0 Å². The third kappa shape index (κ3) is 2.35. The monoisotopic (exact) mass is 214 g/mol. The molecule has 0 atom stereocenters. The van der Waals surface area contributed by atoms with Gasteiger partial charge in [-0.25, -0.2) is 0 Å². The summed E-state index contributed by atoms with van der Waals surface area (Å²) in [5, 5.41) is 11.2. The predicted octanol–water partition coefficient (Wildman–Crippen LogP) is 0.434. The summed E-state index contributed by atoms with van der Waals surface area (Å²) in [4.78, 5) is 1.53. The number of tetrazole rings is 1. The largest absolute Gasteiger partial charge is 0.334 e. The molecule has 1 rings (SSSR count). The Morgan fingerprint density at radius 2 is 2.10 bits per heavy atom. The topological polar surface area (TPSA) is 43.6 Å². The maximum absolute atomic E-state index is 3.89. The van der Waals surface area contributed by atoms with Gasteiger partial charge in [-0.15, -0.1) is 5.10 Å². The van der Waals surface area contributed by atoms with Crippen molar-refractivity contribution in [3.63, 3.8) is 0 Å². The minimum atomic E-state index is 0. The summed E-state index contributed by atoms with van der Waals surface area (Å²) in [5.74, 6) is 0.476. The first-order chi connectivity index (χ1) is 4.20. The standard InChI is InChI=1S/C5H9N4.Y/c1-4(2)9-7-5(3)6-8-9;/h4H,3H2,1-2H3;/q-1;. The van der Waals surface area contributed by atoms with Gasteiger partial charge in [-0.3, -0.25) is 0 Å². The van der Waals surface area contributed by atoms with Crippen LogP contribution in [0.1, 0.15) is 25.7 Å². The van der Waals surface area contributed by atoms with Gasteiger partial charge in [0.25, 0.3) is 0 Å². The number of aromatic nitrogens is 4. The number of rotatable bonds is 1. The summed E-state index contributed by atoms with van der Waals surface area (Å²) in [5.41, 5.74) is 0. The maximum Gasteiger partial charge on any atom is 0.0677 e. The average Bonchev–Trinajstić information content (AvgIpc) is 2.14. The van der Waals surface area contributed by atoms with Crippen molar-refractivity contribution in [2.45, 2.75) is 19.9 Å². The molecule has 1 aromatic rings. The second-order valence-corrected chi connectivity index (χ2v) is 2.12. The van der Waals surface area contributed by atoms with Crippen molar-refractivity contribution in [2.75, 3.05) is 0 Å². The Morgan fingerprint density at radius 3 is 2.30 bits per heavy atom. The molecule has 53 valence electrons. The summed E-state index contributed by atoms with van der Waals surface area (Å²) >= 11 is 0. The fraction of sp³-hybridized carbons (Fsp3) is 0.600. The van der Waals surface area contributed by atoms with Crippen LogP contribution in [0.2, 0.25) is 0 Å². The fourth-order valence-corrected chi connectivity index (χ4v) is 0.474. The molecule has 0 amide bonds. The van der Waals surface area contributed by atoms with Gasteiger partial charge in [-0.05, 0) is 19.1 Å². The van der Waals surface area contributed by atoms with Crippen LogP contribution in [0.4, 0.5) is 0 Å². The van der Waals surface area contributed by atoms with E-state index in [1.807, 2.05) is 13.8 Å². The molecule has 5 heteroatoms. The molecule has 0 aliphatic heterocycles. The molecule has 10 heavy (non-hydrogen) atoms. The van der Waals surface area contributed by atoms with Crippen LogP contribution < -0.4 is 0 Å². The number of nitrogens with zero attached hydrogens (tertiary/aromatic N) is 4. The summed E-state index contributed by atoms with van der Waals surface area (Å²) in [6.07, 6.45) is 0. The van der Waals surface area contributed by atoms with Gasteiger partial charge in [-0.1, -0.05) is 0 Å². The molecule has 0 bridgehead atoms. The van der Waals surface area contributed by atoms with Gasteiger partial charge >= 0.3 is 0 Å². The van der Waals surface area contributed by atoms with Gasteiger partial charge in [-0.2, -0.15) is 9.90 Å². The van der Waals surface area contributed by atoms with Crippen LogP contribution in [0, 0.1) is 6.92 Å². The molecule has 0 aliphatic carbocycles. The first-order valence-corrected chi connectivity index (χ1v) is 2.81. The molecule has 0 N–H and O–H groups in total. The predicted molar refractivity (Wildman–Crippen MR) is 32.7 cm³/mol. The van der Waals surface area contributed by atoms with Crippen molar-refractivity contribution >= 4 is 0 Å². The average molecular weight is 214 g/mol. The zero-order valence-corrected chi connectivity index (χ0v) is 8.99. The summed E-state index contributed by atoms with van der Waals surface area (Å²) < 4.78 is 0. The van der Waals surface area contributed by atoms with E-state index in [1.54, 1.807) is 0 Å². The van der Waals surface area contributed by atoms with Gasteiger partial charge in [0, 0.05) is 38.5 Å². The minimum absolute atomic E-state index is 0. The second kappa shape index (κ2) is 4.03. The number of hydrogen-bond donors (Lipinski definition) is 0. The molecular formula is C5H9N4Y-. The Balaban J connectivity index is 0.000000810. The smallest absolute Gasteiger partial charge is 0.0677 e. The van der Waals surface area contributed by atoms with Crippen molar-refractivity contribution in [3.8, 4) is 0 Å². The molecule has 1 radical (unpaired) electrons. The van der Waals surface area contributed by atoms with E-state index in [1.165, 1.54) is 4.80 Å². The molecule has 0 saturated heterocycles. The van der Waals surface area contributed by atoms with Gasteiger partial charge in [0.1, 0.15) is 0 Å². The van der Waals surface area contributed by atoms with Crippen molar-refractivity contribution in [1.82, 2.24) is 20.2 Å². The first kappa shape index (κ1) is 10.0. The van der Waals surface area contributed by atoms with Crippen molar-refractivity contribution < 1.29 is 32.7 Å². The zero-order chi connectivity index (χ0) is 6.85. The Morgan fingerprint density at radius 1 is 1.50 bits per heavy atom. The second-order valence-electron chi connectivity index (χ2n) is 2.12. The molecule has 0 unspecified atom stereocenters. The van der Waals surface area contributed by atoms with Gasteiger partial charge < -0.3 is 6.92 Å². The maximum atomic E-state index is 3.89. The Labute approximate surface area is 85.3 Å². The van der Waals surface area contributed by atoms with Crippen LogP contribution in [0.25, 0.3) is 0 Å². The third-order valence-electron chi connectivity index (χ3n) is 0.932. The van der Waals surface area contributed by atoms with E-state index in [4.69, 9.17) is 0 Å². The molecule has 0 spiro atoms. The van der Waals surface area contributed by atoms with E-state index in [-0.39, 0.29) is 38.8 Å². The molecule has 1 heterocycles. The van der Waals surface area contributed by atoms with Gasteiger partial charge in [0.2, 0.25) is 0 Å². The van der Waals surface area contributed by atoms with Crippen LogP contribution in [0.15, 0.2) is 0 Å². The Bertz CT molecular complexity index is 195. The Hall–Kier alpha value is 0.0439. The summed E-state index contributed by atoms with van der Waals surface area (Å²) in [6, 6.07) is 0.271. The normalized spacial score (nSPS) is 9.50. The zero-order valence-electron chi connectivity index (χ0n) is 6.15. The van der Waals surface area contributed by atoms with E-state index in [9.17, 15) is 0 Å². The van der Waals surface area contributed by atoms with E-state index in [2.05, 4.69) is 22.3 Å². The SMILES string of the molecule is [CH2-]c1nnn(C(C)C)n1.[Y]. The van der Waals surface area contributed by atoms with E-state index in [0.717, 1.165) is 0 Å².